The van der Waals surface area contributed by atoms with E-state index in [0.29, 0.717) is 13.0 Å². The lowest BCUT2D eigenvalue weighted by atomic mass is 10.0. The van der Waals surface area contributed by atoms with Crippen molar-refractivity contribution in [2.24, 2.45) is 4.99 Å². The molecule has 0 heterocycles. The Kier molecular flexibility index (Phi) is 6.53. The van der Waals surface area contributed by atoms with Crippen LogP contribution in [-0.4, -0.2) is 24.8 Å². The molecule has 27 heavy (non-hydrogen) atoms. The Labute approximate surface area is 160 Å². The van der Waals surface area contributed by atoms with Crippen LogP contribution in [0.15, 0.2) is 89.9 Å². The van der Waals surface area contributed by atoms with Gasteiger partial charge >= 0.3 is 5.97 Å². The second-order valence-electron chi connectivity index (χ2n) is 6.22. The average Bonchev–Trinajstić information content (AvgIpc) is 2.73. The number of carbonyl (C=O) groups is 1. The van der Waals surface area contributed by atoms with Crippen LogP contribution in [0.2, 0.25) is 0 Å². The van der Waals surface area contributed by atoms with Crippen molar-refractivity contribution in [2.45, 2.75) is 19.4 Å². The summed E-state index contributed by atoms with van der Waals surface area (Å²) in [6.45, 7) is 2.16. The fourth-order valence-corrected chi connectivity index (χ4v) is 2.84. The predicted molar refractivity (Wildman–Crippen MR) is 110 cm³/mol. The van der Waals surface area contributed by atoms with E-state index in [1.165, 1.54) is 5.56 Å². The highest BCUT2D eigenvalue weighted by Crippen LogP contribution is 2.19. The first-order valence-corrected chi connectivity index (χ1v) is 9.15. The number of hydrogen-bond acceptors (Lipinski definition) is 3. The van der Waals surface area contributed by atoms with Crippen LogP contribution >= 0.6 is 0 Å². The van der Waals surface area contributed by atoms with Gasteiger partial charge in [-0.05, 0) is 29.2 Å². The third-order valence-corrected chi connectivity index (χ3v) is 4.25. The van der Waals surface area contributed by atoms with Crippen molar-refractivity contribution in [3.63, 3.8) is 0 Å². The monoisotopic (exact) mass is 357 g/mol. The number of carbonyl (C=O) groups excluding carboxylic acids is 1. The molecule has 1 unspecified atom stereocenters. The summed E-state index contributed by atoms with van der Waals surface area (Å²) in [5.74, 6) is -0.293. The summed E-state index contributed by atoms with van der Waals surface area (Å²) >= 11 is 0. The molecule has 0 aliphatic rings. The van der Waals surface area contributed by atoms with Crippen molar-refractivity contribution in [3.8, 4) is 11.1 Å². The van der Waals surface area contributed by atoms with Gasteiger partial charge in [-0.1, -0.05) is 84.9 Å². The van der Waals surface area contributed by atoms with Crippen LogP contribution in [0.3, 0.4) is 0 Å². The van der Waals surface area contributed by atoms with Crippen LogP contribution in [0.5, 0.6) is 0 Å². The molecule has 0 bridgehead atoms. The zero-order valence-corrected chi connectivity index (χ0v) is 15.4. The number of ether oxygens (including phenoxy) is 1. The number of benzene rings is 3. The maximum atomic E-state index is 12.3. The molecule has 0 saturated carbocycles. The summed E-state index contributed by atoms with van der Waals surface area (Å²) in [6, 6.07) is 27.7. The van der Waals surface area contributed by atoms with Crippen LogP contribution in [0.1, 0.15) is 18.1 Å². The zero-order chi connectivity index (χ0) is 18.9. The molecule has 0 N–H and O–H groups in total. The van der Waals surface area contributed by atoms with E-state index in [2.05, 4.69) is 29.3 Å². The Bertz CT molecular complexity index is 871. The maximum Gasteiger partial charge on any atom is 0.331 e. The van der Waals surface area contributed by atoms with E-state index < -0.39 is 6.04 Å². The van der Waals surface area contributed by atoms with Gasteiger partial charge in [-0.25, -0.2) is 4.79 Å². The van der Waals surface area contributed by atoms with Crippen LogP contribution in [0.4, 0.5) is 0 Å². The minimum absolute atomic E-state index is 0.293. The molecule has 3 aromatic carbocycles. The van der Waals surface area contributed by atoms with E-state index in [0.717, 1.165) is 16.7 Å². The van der Waals surface area contributed by atoms with Crippen LogP contribution < -0.4 is 0 Å². The minimum atomic E-state index is -0.541. The molecule has 0 fully saturated rings. The lowest BCUT2D eigenvalue weighted by Gasteiger charge is -2.11. The van der Waals surface area contributed by atoms with Crippen molar-refractivity contribution >= 4 is 12.2 Å². The van der Waals surface area contributed by atoms with Gasteiger partial charge in [-0.15, -0.1) is 0 Å². The molecule has 0 radical (unpaired) electrons. The maximum absolute atomic E-state index is 12.3. The summed E-state index contributed by atoms with van der Waals surface area (Å²) in [4.78, 5) is 16.8. The molecule has 136 valence electrons. The average molecular weight is 357 g/mol. The second kappa shape index (κ2) is 9.48. The van der Waals surface area contributed by atoms with Crippen molar-refractivity contribution in [2.75, 3.05) is 6.61 Å². The van der Waals surface area contributed by atoms with Gasteiger partial charge in [0.05, 0.1) is 6.61 Å². The lowest BCUT2D eigenvalue weighted by molar-refractivity contribution is -0.144. The number of aliphatic imine (C=N–C) groups is 1. The molecule has 0 aliphatic heterocycles. The standard InChI is InChI=1S/C24H23NO2/c1-2-27-24(26)23(17-19-9-5-3-6-10-19)25-18-20-13-15-22(16-14-20)21-11-7-4-8-12-21/h3-16,18,23H,2,17H2,1H3. The summed E-state index contributed by atoms with van der Waals surface area (Å²) < 4.78 is 5.19. The van der Waals surface area contributed by atoms with Crippen LogP contribution in [-0.2, 0) is 16.0 Å². The van der Waals surface area contributed by atoms with Gasteiger partial charge in [-0.2, -0.15) is 0 Å². The molecule has 3 heteroatoms. The van der Waals surface area contributed by atoms with Crippen molar-refractivity contribution in [1.82, 2.24) is 0 Å². The van der Waals surface area contributed by atoms with E-state index >= 15 is 0 Å². The molecule has 0 saturated heterocycles. The number of hydrogen-bond donors (Lipinski definition) is 0. The van der Waals surface area contributed by atoms with Crippen LogP contribution in [0, 0.1) is 0 Å². The second-order valence-corrected chi connectivity index (χ2v) is 6.22. The highest BCUT2D eigenvalue weighted by atomic mass is 16.5. The Morgan fingerprint density at radius 3 is 2.11 bits per heavy atom. The minimum Gasteiger partial charge on any atom is -0.464 e. The molecule has 1 atom stereocenters. The summed E-state index contributed by atoms with van der Waals surface area (Å²) in [5, 5.41) is 0. The molecular weight excluding hydrogens is 334 g/mol. The first-order chi connectivity index (χ1) is 13.3. The molecule has 3 aromatic rings. The molecule has 3 rings (SSSR count). The Balaban J connectivity index is 1.74. The third kappa shape index (κ3) is 5.38. The van der Waals surface area contributed by atoms with Gasteiger partial charge < -0.3 is 4.74 Å². The third-order valence-electron chi connectivity index (χ3n) is 4.25. The van der Waals surface area contributed by atoms with Gasteiger partial charge in [0.25, 0.3) is 0 Å². The van der Waals surface area contributed by atoms with Gasteiger partial charge in [0.2, 0.25) is 0 Å². The van der Waals surface area contributed by atoms with E-state index in [1.54, 1.807) is 6.21 Å². The van der Waals surface area contributed by atoms with E-state index in [4.69, 9.17) is 4.74 Å². The topological polar surface area (TPSA) is 38.7 Å². The lowest BCUT2D eigenvalue weighted by Crippen LogP contribution is -2.24. The fraction of sp³-hybridized carbons (Fsp3) is 0.167. The molecule has 0 aliphatic carbocycles. The Morgan fingerprint density at radius 1 is 0.889 bits per heavy atom. The van der Waals surface area contributed by atoms with E-state index in [-0.39, 0.29) is 5.97 Å². The number of rotatable bonds is 7. The fourth-order valence-electron chi connectivity index (χ4n) is 2.84. The Morgan fingerprint density at radius 2 is 1.48 bits per heavy atom. The van der Waals surface area contributed by atoms with Crippen LogP contribution in [0.25, 0.3) is 11.1 Å². The summed E-state index contributed by atoms with van der Waals surface area (Å²) in [7, 11) is 0. The SMILES string of the molecule is CCOC(=O)C(Cc1ccccc1)N=Cc1ccc(-c2ccccc2)cc1. The first kappa shape index (κ1) is 18.6. The number of esters is 1. The molecule has 0 aromatic heterocycles. The molecule has 3 nitrogen and oxygen atoms in total. The normalized spacial score (nSPS) is 12.0. The zero-order valence-electron chi connectivity index (χ0n) is 15.4. The highest BCUT2D eigenvalue weighted by Gasteiger charge is 2.18. The van der Waals surface area contributed by atoms with Crippen molar-refractivity contribution in [3.05, 3.63) is 96.1 Å². The Hall–Kier alpha value is -3.20. The van der Waals surface area contributed by atoms with E-state index in [1.807, 2.05) is 67.6 Å². The van der Waals surface area contributed by atoms with Crippen molar-refractivity contribution < 1.29 is 9.53 Å². The largest absolute Gasteiger partial charge is 0.464 e. The van der Waals surface area contributed by atoms with E-state index in [9.17, 15) is 4.79 Å². The van der Waals surface area contributed by atoms with Gasteiger partial charge in [0, 0.05) is 12.6 Å². The molecule has 0 spiro atoms. The smallest absolute Gasteiger partial charge is 0.331 e. The number of nitrogens with zero attached hydrogens (tertiary/aromatic N) is 1. The summed E-state index contributed by atoms with van der Waals surface area (Å²) in [5.41, 5.74) is 4.35. The first-order valence-electron chi connectivity index (χ1n) is 9.15. The molecule has 0 amide bonds. The van der Waals surface area contributed by atoms with Gasteiger partial charge in [0.1, 0.15) is 0 Å². The van der Waals surface area contributed by atoms with Gasteiger partial charge in [-0.3, -0.25) is 4.99 Å². The summed E-state index contributed by atoms with van der Waals surface area (Å²) in [6.07, 6.45) is 2.28. The molecular formula is C24H23NO2. The van der Waals surface area contributed by atoms with Gasteiger partial charge in [0.15, 0.2) is 6.04 Å². The quantitative estimate of drug-likeness (QED) is 0.443. The predicted octanol–water partition coefficient (Wildman–Crippen LogP) is 4.95. The van der Waals surface area contributed by atoms with Crippen molar-refractivity contribution in [1.29, 1.82) is 0 Å². The highest BCUT2D eigenvalue weighted by molar-refractivity contribution is 5.85.